The van der Waals surface area contributed by atoms with Crippen molar-refractivity contribution in [2.75, 3.05) is 0 Å². The van der Waals surface area contributed by atoms with Crippen LogP contribution in [0.2, 0.25) is 0 Å². The molecule has 0 aliphatic carbocycles. The number of hydrogen-bond acceptors (Lipinski definition) is 1. The highest BCUT2D eigenvalue weighted by Crippen LogP contribution is 2.39. The molecule has 1 rings (SSSR count). The van der Waals surface area contributed by atoms with Crippen LogP contribution in [0.3, 0.4) is 0 Å². The molecule has 30 heavy (non-hydrogen) atoms. The number of ketones is 1. The van der Waals surface area contributed by atoms with Crippen LogP contribution in [0.5, 0.6) is 0 Å². The highest BCUT2D eigenvalue weighted by Gasteiger charge is 2.32. The zero-order valence-corrected chi connectivity index (χ0v) is 21.2. The van der Waals surface area contributed by atoms with Gasteiger partial charge in [0, 0.05) is 19.8 Å². The van der Waals surface area contributed by atoms with Crippen molar-refractivity contribution in [3.05, 3.63) is 64.4 Å². The van der Waals surface area contributed by atoms with Crippen LogP contribution in [-0.4, -0.2) is 5.78 Å². The van der Waals surface area contributed by atoms with E-state index in [-0.39, 0.29) is 16.3 Å². The number of hydrogen-bond donors (Lipinski definition) is 0. The van der Waals surface area contributed by atoms with Gasteiger partial charge in [0.2, 0.25) is 0 Å². The Kier molecular flexibility index (Phi) is 11.5. The zero-order chi connectivity index (χ0) is 22.7. The monoisotopic (exact) mass is 427 g/mol. The first-order chi connectivity index (χ1) is 14.2. The van der Waals surface area contributed by atoms with Crippen molar-refractivity contribution in [3.63, 3.8) is 0 Å². The van der Waals surface area contributed by atoms with Gasteiger partial charge in [-0.05, 0) is 80.4 Å². The first-order valence-corrected chi connectivity index (χ1v) is 12.8. The van der Waals surface area contributed by atoms with Crippen molar-refractivity contribution in [2.45, 2.75) is 91.9 Å². The normalized spacial score (nSPS) is 13.8. The number of carbonyl (C=O) groups excluding carboxylic acids is 1. The zero-order valence-electron chi connectivity index (χ0n) is 20.4. The van der Waals surface area contributed by atoms with Gasteiger partial charge in [-0.2, -0.15) is 0 Å². The van der Waals surface area contributed by atoms with E-state index in [4.69, 9.17) is 0 Å². The first-order valence-electron chi connectivity index (χ1n) is 11.6. The van der Waals surface area contributed by atoms with Crippen LogP contribution < -0.4 is 0 Å². The number of carbonyl (C=O) groups is 1. The molecular weight excluding hydrogens is 384 g/mol. The van der Waals surface area contributed by atoms with Gasteiger partial charge in [0.05, 0.1) is 10.9 Å². The number of allylic oxidation sites excluding steroid dienone is 4. The third-order valence-corrected chi connectivity index (χ3v) is 8.63. The van der Waals surface area contributed by atoms with Crippen LogP contribution in [-0.2, 0) is 22.1 Å². The van der Waals surface area contributed by atoms with Crippen molar-refractivity contribution < 1.29 is 4.79 Å². The molecule has 0 heterocycles. The first kappa shape index (κ1) is 26.5. The summed E-state index contributed by atoms with van der Waals surface area (Å²) in [7, 11) is -0.132. The SMILES string of the molecule is C=C(/C=C\C)[S+](/C(C)=C/CC)c1cccc(CCC(=O)CC(CC)(CC)C(C)C)c1. The molecule has 0 amide bonds. The molecule has 0 bridgehead atoms. The van der Waals surface area contributed by atoms with Crippen LogP contribution in [0.4, 0.5) is 0 Å². The maximum absolute atomic E-state index is 12.8. The molecule has 0 N–H and O–H groups in total. The van der Waals surface area contributed by atoms with Crippen LogP contribution >= 0.6 is 0 Å². The second kappa shape index (κ2) is 13.0. The van der Waals surface area contributed by atoms with Gasteiger partial charge in [-0.1, -0.05) is 52.8 Å². The minimum Gasteiger partial charge on any atom is -0.300 e. The summed E-state index contributed by atoms with van der Waals surface area (Å²) >= 11 is 0. The van der Waals surface area contributed by atoms with Gasteiger partial charge in [-0.25, -0.2) is 0 Å². The van der Waals surface area contributed by atoms with Gasteiger partial charge in [-0.15, -0.1) is 0 Å². The number of rotatable bonds is 13. The number of Topliss-reactive ketones (excluding diaryl/α,β-unsaturated/α-hetero) is 1. The second-order valence-corrected chi connectivity index (χ2v) is 10.8. The summed E-state index contributed by atoms with van der Waals surface area (Å²) in [4.78, 5) is 16.6. The summed E-state index contributed by atoms with van der Waals surface area (Å²) in [6.07, 6.45) is 11.8. The molecular formula is C28H43OS+. The average molecular weight is 428 g/mol. The molecule has 0 spiro atoms. The fourth-order valence-corrected chi connectivity index (χ4v) is 6.46. The maximum Gasteiger partial charge on any atom is 0.166 e. The Labute approximate surface area is 189 Å². The fraction of sp³-hybridized carbons (Fsp3) is 0.536. The standard InChI is InChI=1S/C28H43OS/c1-9-14-23(7)30(24(8)15-10-2)27-17-13-16-25(20-27)18-19-26(29)21-28(11-3,12-4)22(5)6/h9,13-17,20,22H,7,10-12,18-19,21H2,1-6,8H3/q+1/b14-9-,24-15+. The molecule has 1 aromatic carbocycles. The van der Waals surface area contributed by atoms with Crippen LogP contribution in [0.1, 0.15) is 86.1 Å². The van der Waals surface area contributed by atoms with Gasteiger partial charge in [-0.3, -0.25) is 4.79 Å². The Morgan fingerprint density at radius 2 is 1.87 bits per heavy atom. The second-order valence-electron chi connectivity index (χ2n) is 8.58. The molecule has 0 aliphatic rings. The van der Waals surface area contributed by atoms with Crippen LogP contribution in [0, 0.1) is 11.3 Å². The fourth-order valence-electron chi connectivity index (χ4n) is 4.28. The number of benzene rings is 1. The molecule has 1 atom stereocenters. The van der Waals surface area contributed by atoms with Gasteiger partial charge in [0.15, 0.2) is 9.80 Å². The van der Waals surface area contributed by atoms with E-state index >= 15 is 0 Å². The van der Waals surface area contributed by atoms with E-state index in [0.29, 0.717) is 24.5 Å². The van der Waals surface area contributed by atoms with Crippen molar-refractivity contribution in [1.29, 1.82) is 0 Å². The van der Waals surface area contributed by atoms with Gasteiger partial charge in [0.1, 0.15) is 10.7 Å². The lowest BCUT2D eigenvalue weighted by Gasteiger charge is -2.35. The van der Waals surface area contributed by atoms with Crippen LogP contribution in [0.15, 0.2) is 63.8 Å². The summed E-state index contributed by atoms with van der Waals surface area (Å²) < 4.78 is 0. The largest absolute Gasteiger partial charge is 0.300 e. The third kappa shape index (κ3) is 7.30. The molecule has 0 fully saturated rings. The van der Waals surface area contributed by atoms with E-state index in [1.807, 2.05) is 6.92 Å². The predicted molar refractivity (Wildman–Crippen MR) is 136 cm³/mol. The lowest BCUT2D eigenvalue weighted by Crippen LogP contribution is -2.29. The number of aryl methyl sites for hydroxylation is 1. The maximum atomic E-state index is 12.8. The summed E-state index contributed by atoms with van der Waals surface area (Å²) in [5.74, 6) is 0.935. The Hall–Kier alpha value is -1.54. The molecule has 0 aliphatic heterocycles. The molecule has 0 saturated heterocycles. The topological polar surface area (TPSA) is 17.1 Å². The van der Waals surface area contributed by atoms with Crippen LogP contribution in [0.25, 0.3) is 0 Å². The van der Waals surface area contributed by atoms with Gasteiger partial charge < -0.3 is 0 Å². The molecule has 0 aromatic heterocycles. The Balaban J connectivity index is 2.99. The molecule has 2 heteroatoms. The Morgan fingerprint density at radius 3 is 2.40 bits per heavy atom. The van der Waals surface area contributed by atoms with E-state index < -0.39 is 0 Å². The summed E-state index contributed by atoms with van der Waals surface area (Å²) in [6.45, 7) is 19.7. The molecule has 1 unspecified atom stereocenters. The molecule has 166 valence electrons. The van der Waals surface area contributed by atoms with Gasteiger partial charge in [0.25, 0.3) is 0 Å². The van der Waals surface area contributed by atoms with Crippen molar-refractivity contribution in [3.8, 4) is 0 Å². The quantitative estimate of drug-likeness (QED) is 0.228. The minimum atomic E-state index is -0.132. The summed E-state index contributed by atoms with van der Waals surface area (Å²) in [5.41, 5.74) is 1.40. The van der Waals surface area contributed by atoms with E-state index in [2.05, 4.69) is 90.6 Å². The summed E-state index contributed by atoms with van der Waals surface area (Å²) in [5, 5.41) is 0. The predicted octanol–water partition coefficient (Wildman–Crippen LogP) is 8.42. The smallest absolute Gasteiger partial charge is 0.166 e. The highest BCUT2D eigenvalue weighted by atomic mass is 32.2. The molecule has 1 nitrogen and oxygen atoms in total. The minimum absolute atomic E-state index is 0.132. The molecule has 1 aromatic rings. The van der Waals surface area contributed by atoms with E-state index in [1.165, 1.54) is 15.4 Å². The third-order valence-electron chi connectivity index (χ3n) is 6.44. The van der Waals surface area contributed by atoms with E-state index in [1.54, 1.807) is 0 Å². The average Bonchev–Trinajstić information content (AvgIpc) is 2.71. The van der Waals surface area contributed by atoms with Gasteiger partial charge >= 0.3 is 0 Å². The highest BCUT2D eigenvalue weighted by molar-refractivity contribution is 8.04. The lowest BCUT2D eigenvalue weighted by molar-refractivity contribution is -0.122. The molecule has 0 radical (unpaired) electrons. The Morgan fingerprint density at radius 1 is 1.20 bits per heavy atom. The van der Waals surface area contributed by atoms with Crippen molar-refractivity contribution in [2.24, 2.45) is 11.3 Å². The van der Waals surface area contributed by atoms with Crippen molar-refractivity contribution in [1.82, 2.24) is 0 Å². The molecule has 0 saturated carbocycles. The summed E-state index contributed by atoms with van der Waals surface area (Å²) in [6, 6.07) is 8.78. The van der Waals surface area contributed by atoms with Crippen molar-refractivity contribution >= 4 is 16.7 Å². The van der Waals surface area contributed by atoms with E-state index in [9.17, 15) is 4.79 Å². The van der Waals surface area contributed by atoms with E-state index in [0.717, 1.165) is 30.6 Å². The Bertz CT molecular complexity index is 748. The lowest BCUT2D eigenvalue weighted by atomic mass is 9.69.